The number of benzene rings is 3. The van der Waals surface area contributed by atoms with E-state index in [1.165, 1.54) is 57.9 Å². The topological polar surface area (TPSA) is 18.5 Å². The van der Waals surface area contributed by atoms with Crippen LogP contribution in [0.4, 0.5) is 0 Å². The highest BCUT2D eigenvalue weighted by Crippen LogP contribution is 2.57. The second-order valence-electron chi connectivity index (χ2n) is 8.68. The van der Waals surface area contributed by atoms with Crippen LogP contribution >= 0.6 is 0 Å². The first kappa shape index (κ1) is 16.8. The van der Waals surface area contributed by atoms with Gasteiger partial charge in [0.2, 0.25) is 0 Å². The highest BCUT2D eigenvalue weighted by atomic mass is 16.7. The molecular formula is C26H26O2. The highest BCUT2D eigenvalue weighted by molar-refractivity contribution is 6.01. The summed E-state index contributed by atoms with van der Waals surface area (Å²) < 4.78 is 12.1. The molecule has 1 saturated carbocycles. The maximum absolute atomic E-state index is 6.16. The number of ether oxygens (including phenoxy) is 2. The third kappa shape index (κ3) is 2.05. The zero-order valence-corrected chi connectivity index (χ0v) is 16.5. The molecule has 0 bridgehead atoms. The Labute approximate surface area is 166 Å². The van der Waals surface area contributed by atoms with Crippen molar-refractivity contribution >= 4 is 10.8 Å². The molecule has 3 aromatic carbocycles. The van der Waals surface area contributed by atoms with E-state index in [-0.39, 0.29) is 5.41 Å². The predicted octanol–water partition coefficient (Wildman–Crippen LogP) is 5.79. The molecule has 0 amide bonds. The second kappa shape index (κ2) is 5.92. The van der Waals surface area contributed by atoms with Gasteiger partial charge in [-0.3, -0.25) is 0 Å². The monoisotopic (exact) mass is 370 g/mol. The second-order valence-corrected chi connectivity index (χ2v) is 8.68. The van der Waals surface area contributed by atoms with Gasteiger partial charge in [-0.05, 0) is 70.7 Å². The summed E-state index contributed by atoms with van der Waals surface area (Å²) >= 11 is 0. The van der Waals surface area contributed by atoms with Gasteiger partial charge in [0, 0.05) is 13.5 Å². The van der Waals surface area contributed by atoms with Crippen LogP contribution in [0.25, 0.3) is 21.9 Å². The van der Waals surface area contributed by atoms with Gasteiger partial charge in [-0.15, -0.1) is 0 Å². The van der Waals surface area contributed by atoms with Gasteiger partial charge in [0.1, 0.15) is 0 Å². The lowest BCUT2D eigenvalue weighted by Crippen LogP contribution is -2.45. The van der Waals surface area contributed by atoms with Crippen LogP contribution in [0.5, 0.6) is 0 Å². The zero-order chi connectivity index (χ0) is 18.8. The van der Waals surface area contributed by atoms with Gasteiger partial charge < -0.3 is 9.47 Å². The van der Waals surface area contributed by atoms with E-state index in [1.54, 1.807) is 0 Å². The molecule has 0 N–H and O–H groups in total. The standard InChI is InChI=1S/C26H26O2/c1-27-26-15-3-14-25(26,16-17-28-26)21-11-8-18(9-12-21)22-13-10-20-7-6-19-4-2-5-23(22)24(19)20/h2,4-5,8-13H,3,6-7,14-17H2,1H3/t25-,26-/m1/s1. The van der Waals surface area contributed by atoms with Gasteiger partial charge in [-0.1, -0.05) is 54.6 Å². The molecule has 2 heteroatoms. The number of fused-ring (bicyclic) bond motifs is 1. The first-order valence-electron chi connectivity index (χ1n) is 10.6. The van der Waals surface area contributed by atoms with Crippen LogP contribution in [0.3, 0.4) is 0 Å². The van der Waals surface area contributed by atoms with Gasteiger partial charge in [-0.25, -0.2) is 0 Å². The first-order valence-corrected chi connectivity index (χ1v) is 10.6. The fourth-order valence-corrected chi connectivity index (χ4v) is 6.30. The van der Waals surface area contributed by atoms with E-state index in [0.717, 1.165) is 25.9 Å². The minimum Gasteiger partial charge on any atom is -0.352 e. The Kier molecular flexibility index (Phi) is 3.54. The van der Waals surface area contributed by atoms with E-state index in [9.17, 15) is 0 Å². The van der Waals surface area contributed by atoms with Crippen LogP contribution < -0.4 is 0 Å². The molecular weight excluding hydrogens is 344 g/mol. The molecule has 3 aliphatic rings. The fourth-order valence-electron chi connectivity index (χ4n) is 6.30. The molecule has 2 fully saturated rings. The van der Waals surface area contributed by atoms with Crippen LogP contribution in [0.2, 0.25) is 0 Å². The smallest absolute Gasteiger partial charge is 0.177 e. The predicted molar refractivity (Wildman–Crippen MR) is 113 cm³/mol. The highest BCUT2D eigenvalue weighted by Gasteiger charge is 2.60. The summed E-state index contributed by atoms with van der Waals surface area (Å²) in [6, 6.07) is 20.7. The zero-order valence-electron chi connectivity index (χ0n) is 16.5. The van der Waals surface area contributed by atoms with Gasteiger partial charge >= 0.3 is 0 Å². The Balaban J connectivity index is 1.45. The van der Waals surface area contributed by atoms with Crippen molar-refractivity contribution in [2.45, 2.75) is 49.7 Å². The van der Waals surface area contributed by atoms with Crippen molar-refractivity contribution in [3.63, 3.8) is 0 Å². The number of hydrogen-bond donors (Lipinski definition) is 0. The minimum atomic E-state index is -0.420. The molecule has 2 atom stereocenters. The van der Waals surface area contributed by atoms with Crippen molar-refractivity contribution in [1.29, 1.82) is 0 Å². The van der Waals surface area contributed by atoms with Crippen LogP contribution in [-0.4, -0.2) is 19.5 Å². The molecule has 1 heterocycles. The van der Waals surface area contributed by atoms with Crippen molar-refractivity contribution in [3.8, 4) is 11.1 Å². The largest absolute Gasteiger partial charge is 0.352 e. The molecule has 2 nitrogen and oxygen atoms in total. The van der Waals surface area contributed by atoms with Crippen molar-refractivity contribution in [1.82, 2.24) is 0 Å². The molecule has 0 aromatic heterocycles. The van der Waals surface area contributed by atoms with Gasteiger partial charge in [0.25, 0.3) is 0 Å². The van der Waals surface area contributed by atoms with Crippen molar-refractivity contribution in [2.75, 3.05) is 13.7 Å². The number of methoxy groups -OCH3 is 1. The summed E-state index contributed by atoms with van der Waals surface area (Å²) in [6.07, 6.45) is 6.74. The van der Waals surface area contributed by atoms with Crippen molar-refractivity contribution in [2.24, 2.45) is 0 Å². The molecule has 28 heavy (non-hydrogen) atoms. The fraction of sp³-hybridized carbons (Fsp3) is 0.385. The average molecular weight is 370 g/mol. The summed E-state index contributed by atoms with van der Waals surface area (Å²) in [5.41, 5.74) is 7.04. The van der Waals surface area contributed by atoms with Crippen LogP contribution in [-0.2, 0) is 27.7 Å². The lowest BCUT2D eigenvalue weighted by molar-refractivity contribution is -0.213. The molecule has 6 rings (SSSR count). The summed E-state index contributed by atoms with van der Waals surface area (Å²) in [6.45, 7) is 0.796. The number of aryl methyl sites for hydroxylation is 2. The number of hydrogen-bond acceptors (Lipinski definition) is 2. The number of rotatable bonds is 3. The molecule has 2 aliphatic carbocycles. The average Bonchev–Trinajstić information content (AvgIpc) is 3.41. The van der Waals surface area contributed by atoms with Crippen LogP contribution in [0.1, 0.15) is 42.4 Å². The van der Waals surface area contributed by atoms with Crippen molar-refractivity contribution < 1.29 is 9.47 Å². The summed E-state index contributed by atoms with van der Waals surface area (Å²) in [5.74, 6) is -0.420. The quantitative estimate of drug-likeness (QED) is 0.581. The SMILES string of the molecule is CO[C@@]12CCC[C@]1(c1ccc(-c3ccc4c5c(cccc35)CC4)cc1)CCO2. The Morgan fingerprint density at radius 3 is 2.50 bits per heavy atom. The third-order valence-electron chi connectivity index (χ3n) is 7.66. The van der Waals surface area contributed by atoms with Gasteiger partial charge in [0.15, 0.2) is 5.79 Å². The molecule has 0 unspecified atom stereocenters. The molecule has 3 aromatic rings. The van der Waals surface area contributed by atoms with E-state index in [4.69, 9.17) is 9.47 Å². The Morgan fingerprint density at radius 2 is 1.68 bits per heavy atom. The van der Waals surface area contributed by atoms with E-state index in [1.807, 2.05) is 7.11 Å². The lowest BCUT2D eigenvalue weighted by Gasteiger charge is -2.38. The maximum Gasteiger partial charge on any atom is 0.177 e. The van der Waals surface area contributed by atoms with Crippen LogP contribution in [0.15, 0.2) is 54.6 Å². The third-order valence-corrected chi connectivity index (χ3v) is 7.66. The molecule has 0 radical (unpaired) electrons. The minimum absolute atomic E-state index is 0.0162. The van der Waals surface area contributed by atoms with E-state index in [0.29, 0.717) is 0 Å². The lowest BCUT2D eigenvalue weighted by atomic mass is 9.74. The Morgan fingerprint density at radius 1 is 0.857 bits per heavy atom. The first-order chi connectivity index (χ1) is 13.8. The Hall–Kier alpha value is -2.16. The summed E-state index contributed by atoms with van der Waals surface area (Å²) in [5, 5.41) is 2.88. The Bertz CT molecular complexity index is 1040. The molecule has 1 aliphatic heterocycles. The maximum atomic E-state index is 6.16. The van der Waals surface area contributed by atoms with Gasteiger partial charge in [-0.2, -0.15) is 0 Å². The van der Waals surface area contributed by atoms with Crippen LogP contribution in [0, 0.1) is 0 Å². The molecule has 0 spiro atoms. The summed E-state index contributed by atoms with van der Waals surface area (Å²) in [4.78, 5) is 0. The van der Waals surface area contributed by atoms with E-state index < -0.39 is 5.79 Å². The van der Waals surface area contributed by atoms with Crippen molar-refractivity contribution in [3.05, 3.63) is 71.3 Å². The van der Waals surface area contributed by atoms with E-state index in [2.05, 4.69) is 54.6 Å². The van der Waals surface area contributed by atoms with Gasteiger partial charge in [0.05, 0.1) is 12.0 Å². The van der Waals surface area contributed by atoms with E-state index >= 15 is 0 Å². The normalized spacial score (nSPS) is 28.2. The summed E-state index contributed by atoms with van der Waals surface area (Å²) in [7, 11) is 1.81. The molecule has 142 valence electrons. The molecule has 1 saturated heterocycles.